The summed E-state index contributed by atoms with van der Waals surface area (Å²) in [5, 5.41) is 12.9. The van der Waals surface area contributed by atoms with Gasteiger partial charge in [-0.25, -0.2) is 0 Å². The Bertz CT molecular complexity index is 369. The van der Waals surface area contributed by atoms with Crippen LogP contribution >= 0.6 is 15.9 Å². The van der Waals surface area contributed by atoms with Gasteiger partial charge in [-0.3, -0.25) is 0 Å². The topological polar surface area (TPSA) is 35.5 Å². The van der Waals surface area contributed by atoms with E-state index in [0.29, 0.717) is 6.04 Å². The Hall–Kier alpha value is -0.420. The molecule has 3 nitrogen and oxygen atoms in total. The van der Waals surface area contributed by atoms with Crippen LogP contribution in [0.5, 0.6) is 0 Å². The number of benzene rings is 1. The molecule has 2 N–H and O–H groups in total. The molecule has 1 aromatic rings. The predicted octanol–water partition coefficient (Wildman–Crippen LogP) is 2.17. The minimum Gasteiger partial charge on any atom is -0.392 e. The molecule has 0 amide bonds. The monoisotopic (exact) mass is 312 g/mol. The Morgan fingerprint density at radius 3 is 2.72 bits per heavy atom. The zero-order valence-electron chi connectivity index (χ0n) is 10.8. The summed E-state index contributed by atoms with van der Waals surface area (Å²) in [6.45, 7) is 2.90. The Balaban J connectivity index is 1.87. The van der Waals surface area contributed by atoms with E-state index in [-0.39, 0.29) is 6.10 Å². The van der Waals surface area contributed by atoms with Gasteiger partial charge in [-0.05, 0) is 37.6 Å². The highest BCUT2D eigenvalue weighted by atomic mass is 79.9. The summed E-state index contributed by atoms with van der Waals surface area (Å²) in [6, 6.07) is 8.86. The minimum absolute atomic E-state index is 0.120. The quantitative estimate of drug-likeness (QED) is 0.874. The molecule has 2 rings (SSSR count). The first-order valence-corrected chi connectivity index (χ1v) is 7.31. The van der Waals surface area contributed by atoms with E-state index in [4.69, 9.17) is 0 Å². The highest BCUT2D eigenvalue weighted by Crippen LogP contribution is 2.20. The van der Waals surface area contributed by atoms with Crippen LogP contribution in [-0.2, 0) is 0 Å². The second-order valence-electron chi connectivity index (χ2n) is 4.92. The van der Waals surface area contributed by atoms with Gasteiger partial charge in [0.1, 0.15) is 0 Å². The zero-order valence-corrected chi connectivity index (χ0v) is 12.4. The number of hydrogen-bond acceptors (Lipinski definition) is 3. The zero-order chi connectivity index (χ0) is 13.0. The van der Waals surface area contributed by atoms with Crippen molar-refractivity contribution in [1.29, 1.82) is 0 Å². The van der Waals surface area contributed by atoms with Gasteiger partial charge in [-0.15, -0.1) is 0 Å². The number of rotatable bonds is 5. The maximum absolute atomic E-state index is 9.51. The van der Waals surface area contributed by atoms with Gasteiger partial charge in [0.2, 0.25) is 0 Å². The minimum atomic E-state index is -0.120. The van der Waals surface area contributed by atoms with Crippen LogP contribution in [0.25, 0.3) is 0 Å². The molecule has 1 fully saturated rings. The van der Waals surface area contributed by atoms with Crippen molar-refractivity contribution in [2.24, 2.45) is 0 Å². The summed E-state index contributed by atoms with van der Waals surface area (Å²) in [6.07, 6.45) is 1.87. The maximum atomic E-state index is 9.51. The van der Waals surface area contributed by atoms with Gasteiger partial charge < -0.3 is 15.3 Å². The first-order valence-electron chi connectivity index (χ1n) is 6.52. The molecule has 0 spiro atoms. The number of aliphatic hydroxyl groups is 1. The van der Waals surface area contributed by atoms with Gasteiger partial charge in [0.15, 0.2) is 0 Å². The van der Waals surface area contributed by atoms with Crippen LogP contribution in [0, 0.1) is 0 Å². The third-order valence-electron chi connectivity index (χ3n) is 3.60. The van der Waals surface area contributed by atoms with Crippen LogP contribution in [0.1, 0.15) is 24.4 Å². The molecular weight excluding hydrogens is 292 g/mol. The fourth-order valence-corrected chi connectivity index (χ4v) is 2.76. The van der Waals surface area contributed by atoms with E-state index in [2.05, 4.69) is 50.4 Å². The van der Waals surface area contributed by atoms with E-state index in [1.54, 1.807) is 0 Å². The molecule has 2 atom stereocenters. The van der Waals surface area contributed by atoms with Crippen molar-refractivity contribution in [3.63, 3.8) is 0 Å². The summed E-state index contributed by atoms with van der Waals surface area (Å²) in [5.74, 6) is 0. The van der Waals surface area contributed by atoms with Crippen LogP contribution in [0.2, 0.25) is 0 Å². The van der Waals surface area contributed by atoms with Crippen molar-refractivity contribution in [3.05, 3.63) is 34.3 Å². The molecule has 0 bridgehead atoms. The van der Waals surface area contributed by atoms with E-state index in [9.17, 15) is 5.11 Å². The number of hydrogen-bond donors (Lipinski definition) is 2. The van der Waals surface area contributed by atoms with Crippen molar-refractivity contribution in [3.8, 4) is 0 Å². The van der Waals surface area contributed by atoms with Crippen molar-refractivity contribution >= 4 is 15.9 Å². The van der Waals surface area contributed by atoms with Crippen LogP contribution < -0.4 is 5.32 Å². The standard InChI is InChI=1S/C14H21BrN2O/c1-16-14(11-2-4-12(15)5-3-11)7-9-17-8-6-13(18)10-17/h2-5,13-14,16,18H,6-10H2,1H3. The fourth-order valence-electron chi connectivity index (χ4n) is 2.50. The third-order valence-corrected chi connectivity index (χ3v) is 4.13. The summed E-state index contributed by atoms with van der Waals surface area (Å²) in [5.41, 5.74) is 1.32. The molecule has 1 aliphatic rings. The van der Waals surface area contributed by atoms with E-state index in [0.717, 1.165) is 36.9 Å². The normalized spacial score (nSPS) is 22.3. The van der Waals surface area contributed by atoms with Crippen molar-refractivity contribution in [1.82, 2.24) is 10.2 Å². The number of nitrogens with one attached hydrogen (secondary N) is 1. The summed E-state index contributed by atoms with van der Waals surface area (Å²) in [4.78, 5) is 2.34. The van der Waals surface area contributed by atoms with Gasteiger partial charge in [0, 0.05) is 30.1 Å². The molecule has 2 unspecified atom stereocenters. The first-order chi connectivity index (χ1) is 8.69. The summed E-state index contributed by atoms with van der Waals surface area (Å²) < 4.78 is 1.11. The molecule has 0 saturated carbocycles. The van der Waals surface area contributed by atoms with Gasteiger partial charge in [-0.2, -0.15) is 0 Å². The lowest BCUT2D eigenvalue weighted by Crippen LogP contribution is -2.27. The lowest BCUT2D eigenvalue weighted by molar-refractivity contribution is 0.175. The molecule has 100 valence electrons. The van der Waals surface area contributed by atoms with Crippen LogP contribution in [0.3, 0.4) is 0 Å². The van der Waals surface area contributed by atoms with E-state index < -0.39 is 0 Å². The van der Waals surface area contributed by atoms with E-state index >= 15 is 0 Å². The molecule has 0 radical (unpaired) electrons. The van der Waals surface area contributed by atoms with Crippen LogP contribution in [0.4, 0.5) is 0 Å². The molecule has 1 heterocycles. The molecular formula is C14H21BrN2O. The second-order valence-corrected chi connectivity index (χ2v) is 5.84. The largest absolute Gasteiger partial charge is 0.392 e. The van der Waals surface area contributed by atoms with Crippen molar-refractivity contribution in [2.75, 3.05) is 26.7 Å². The Kier molecular flexibility index (Phi) is 5.18. The van der Waals surface area contributed by atoms with Crippen LogP contribution in [0.15, 0.2) is 28.7 Å². The number of β-amino-alcohol motifs (C(OH)–C–C–N with tert-alkyl or cyclic N) is 1. The van der Waals surface area contributed by atoms with Gasteiger partial charge in [0.25, 0.3) is 0 Å². The molecule has 18 heavy (non-hydrogen) atoms. The average molecular weight is 313 g/mol. The highest BCUT2D eigenvalue weighted by molar-refractivity contribution is 9.10. The third kappa shape index (κ3) is 3.79. The van der Waals surface area contributed by atoms with Crippen LogP contribution in [-0.4, -0.2) is 42.8 Å². The van der Waals surface area contributed by atoms with Gasteiger partial charge in [-0.1, -0.05) is 28.1 Å². The number of nitrogens with zero attached hydrogens (tertiary/aromatic N) is 1. The second kappa shape index (κ2) is 6.66. The Morgan fingerprint density at radius 2 is 2.17 bits per heavy atom. The molecule has 4 heteroatoms. The molecule has 1 aromatic carbocycles. The molecule has 1 saturated heterocycles. The fraction of sp³-hybridized carbons (Fsp3) is 0.571. The van der Waals surface area contributed by atoms with Gasteiger partial charge in [0.05, 0.1) is 6.10 Å². The van der Waals surface area contributed by atoms with Crippen molar-refractivity contribution < 1.29 is 5.11 Å². The Labute approximate surface area is 117 Å². The lowest BCUT2D eigenvalue weighted by atomic mass is 10.0. The highest BCUT2D eigenvalue weighted by Gasteiger charge is 2.20. The average Bonchev–Trinajstić information content (AvgIpc) is 2.78. The summed E-state index contributed by atoms with van der Waals surface area (Å²) >= 11 is 3.46. The predicted molar refractivity (Wildman–Crippen MR) is 77.6 cm³/mol. The van der Waals surface area contributed by atoms with E-state index in [1.165, 1.54) is 5.56 Å². The van der Waals surface area contributed by atoms with Crippen molar-refractivity contribution in [2.45, 2.75) is 25.0 Å². The number of halogens is 1. The Morgan fingerprint density at radius 1 is 1.44 bits per heavy atom. The first kappa shape index (κ1) is 14.0. The summed E-state index contributed by atoms with van der Waals surface area (Å²) in [7, 11) is 2.01. The number of likely N-dealkylation sites (tertiary alicyclic amines) is 1. The molecule has 0 aromatic heterocycles. The lowest BCUT2D eigenvalue weighted by Gasteiger charge is -2.21. The SMILES string of the molecule is CNC(CCN1CCC(O)C1)c1ccc(Br)cc1. The smallest absolute Gasteiger partial charge is 0.0679 e. The molecule has 0 aliphatic carbocycles. The van der Waals surface area contributed by atoms with E-state index in [1.807, 2.05) is 7.05 Å². The molecule has 1 aliphatic heterocycles. The maximum Gasteiger partial charge on any atom is 0.0679 e. The number of aliphatic hydroxyl groups excluding tert-OH is 1. The van der Waals surface area contributed by atoms with Gasteiger partial charge >= 0.3 is 0 Å².